The second kappa shape index (κ2) is 7.46. The van der Waals surface area contributed by atoms with Crippen LogP contribution < -0.4 is 9.47 Å². The van der Waals surface area contributed by atoms with E-state index in [9.17, 15) is 9.18 Å². The van der Waals surface area contributed by atoms with Crippen LogP contribution in [-0.4, -0.2) is 41.6 Å². The predicted octanol–water partition coefficient (Wildman–Crippen LogP) is 4.06. The van der Waals surface area contributed by atoms with Crippen molar-refractivity contribution in [3.63, 3.8) is 0 Å². The van der Waals surface area contributed by atoms with E-state index in [2.05, 4.69) is 20.9 Å². The molecule has 2 aromatic rings. The normalized spacial score (nSPS) is 23.5. The number of aromatic nitrogens is 1. The molecule has 4 rings (SSSR count). The smallest absolute Gasteiger partial charge is 0.258 e. The number of pyridine rings is 1. The Morgan fingerprint density at radius 1 is 1.33 bits per heavy atom. The zero-order chi connectivity index (χ0) is 19.0. The number of carbonyl (C=O) groups is 1. The largest absolute Gasteiger partial charge is 0.493 e. The molecule has 2 aliphatic heterocycles. The number of hydrogen-bond acceptors (Lipinski definition) is 4. The Balaban J connectivity index is 1.48. The number of halogens is 2. The number of ether oxygens (including phenoxy) is 2. The first-order valence-electron chi connectivity index (χ1n) is 8.98. The lowest BCUT2D eigenvalue weighted by Crippen LogP contribution is -2.37. The van der Waals surface area contributed by atoms with Gasteiger partial charge in [0.25, 0.3) is 5.91 Å². The summed E-state index contributed by atoms with van der Waals surface area (Å²) in [6.07, 6.45) is 4.50. The van der Waals surface area contributed by atoms with E-state index in [0.29, 0.717) is 12.5 Å². The molecule has 3 heterocycles. The summed E-state index contributed by atoms with van der Waals surface area (Å²) >= 11 is 3.35. The summed E-state index contributed by atoms with van der Waals surface area (Å²) in [5, 5.41) is 0. The van der Waals surface area contributed by atoms with Gasteiger partial charge in [-0.3, -0.25) is 4.79 Å². The molecule has 1 aromatic heterocycles. The molecule has 0 N–H and O–H groups in total. The van der Waals surface area contributed by atoms with Crippen LogP contribution >= 0.6 is 15.9 Å². The lowest BCUT2D eigenvalue weighted by Gasteiger charge is -2.25. The van der Waals surface area contributed by atoms with Crippen LogP contribution in [-0.2, 0) is 0 Å². The molecule has 7 heteroatoms. The fourth-order valence-corrected chi connectivity index (χ4v) is 4.51. The SMILES string of the molecule is COc1c(F)cccc1C(=O)N1C2CCC1C(COc1ccc(Br)cn1)C2. The van der Waals surface area contributed by atoms with Gasteiger partial charge < -0.3 is 14.4 Å². The molecular weight excluding hydrogens is 415 g/mol. The minimum Gasteiger partial charge on any atom is -0.493 e. The summed E-state index contributed by atoms with van der Waals surface area (Å²) in [7, 11) is 1.38. The molecule has 0 saturated carbocycles. The first-order chi connectivity index (χ1) is 13.1. The van der Waals surface area contributed by atoms with E-state index >= 15 is 0 Å². The molecule has 2 aliphatic rings. The Kier molecular flexibility index (Phi) is 5.04. The highest BCUT2D eigenvalue weighted by Gasteiger charge is 2.49. The molecule has 27 heavy (non-hydrogen) atoms. The lowest BCUT2D eigenvalue weighted by atomic mass is 9.90. The van der Waals surface area contributed by atoms with Crippen molar-refractivity contribution >= 4 is 21.8 Å². The monoisotopic (exact) mass is 434 g/mol. The summed E-state index contributed by atoms with van der Waals surface area (Å²) in [6.45, 7) is 0.514. The summed E-state index contributed by atoms with van der Waals surface area (Å²) < 4.78 is 25.9. The number of fused-ring (bicyclic) bond motifs is 2. The molecule has 5 nitrogen and oxygen atoms in total. The minimum absolute atomic E-state index is 0.0145. The highest BCUT2D eigenvalue weighted by atomic mass is 79.9. The molecule has 2 fully saturated rings. The van der Waals surface area contributed by atoms with Crippen molar-refractivity contribution in [2.24, 2.45) is 5.92 Å². The van der Waals surface area contributed by atoms with Crippen molar-refractivity contribution in [1.82, 2.24) is 9.88 Å². The number of rotatable bonds is 5. The number of para-hydroxylation sites is 1. The summed E-state index contributed by atoms with van der Waals surface area (Å²) in [4.78, 5) is 19.2. The average Bonchev–Trinajstić information content (AvgIpc) is 3.24. The lowest BCUT2D eigenvalue weighted by molar-refractivity contribution is 0.0705. The highest BCUT2D eigenvalue weighted by Crippen LogP contribution is 2.43. The van der Waals surface area contributed by atoms with Crippen LogP contribution in [0.25, 0.3) is 0 Å². The first-order valence-corrected chi connectivity index (χ1v) is 9.77. The first kappa shape index (κ1) is 18.2. The second-order valence-electron chi connectivity index (χ2n) is 6.95. The Labute approximate surface area is 165 Å². The average molecular weight is 435 g/mol. The van der Waals surface area contributed by atoms with Crippen LogP contribution in [0.15, 0.2) is 41.0 Å². The quantitative estimate of drug-likeness (QED) is 0.711. The van der Waals surface area contributed by atoms with E-state index in [4.69, 9.17) is 9.47 Å². The number of nitrogens with zero attached hydrogens (tertiary/aromatic N) is 2. The fraction of sp³-hybridized carbons (Fsp3) is 0.400. The molecule has 0 aliphatic carbocycles. The van der Waals surface area contributed by atoms with Gasteiger partial charge in [0.15, 0.2) is 11.6 Å². The molecule has 2 bridgehead atoms. The van der Waals surface area contributed by atoms with Crippen molar-refractivity contribution in [3.8, 4) is 11.6 Å². The van der Waals surface area contributed by atoms with Gasteiger partial charge in [-0.1, -0.05) is 6.07 Å². The van der Waals surface area contributed by atoms with E-state index < -0.39 is 5.82 Å². The number of amides is 1. The zero-order valence-corrected chi connectivity index (χ0v) is 16.5. The van der Waals surface area contributed by atoms with E-state index in [1.165, 1.54) is 13.2 Å². The number of methoxy groups -OCH3 is 1. The molecule has 2 saturated heterocycles. The van der Waals surface area contributed by atoms with Crippen molar-refractivity contribution < 1.29 is 18.7 Å². The summed E-state index contributed by atoms with van der Waals surface area (Å²) in [5.74, 6) is 0.156. The third-order valence-corrected chi connectivity index (χ3v) is 5.92. The molecule has 3 atom stereocenters. The third-order valence-electron chi connectivity index (χ3n) is 5.45. The standard InChI is InChI=1S/C20H20BrFN2O3/c1-26-19-15(3-2-4-16(19)22)20(25)24-14-6-7-17(24)12(9-14)11-27-18-8-5-13(21)10-23-18/h2-5,8,10,12,14,17H,6-7,9,11H2,1H3. The molecule has 3 unspecified atom stereocenters. The van der Waals surface area contributed by atoms with E-state index in [1.54, 1.807) is 18.3 Å². The molecule has 0 spiro atoms. The maximum atomic E-state index is 14.0. The Morgan fingerprint density at radius 2 is 2.19 bits per heavy atom. The molecule has 142 valence electrons. The van der Waals surface area contributed by atoms with Crippen LogP contribution in [0.4, 0.5) is 4.39 Å². The van der Waals surface area contributed by atoms with Crippen molar-refractivity contribution in [2.45, 2.75) is 31.3 Å². The zero-order valence-electron chi connectivity index (χ0n) is 14.9. The Bertz CT molecular complexity index is 846. The summed E-state index contributed by atoms with van der Waals surface area (Å²) in [6, 6.07) is 8.44. The van der Waals surface area contributed by atoms with Crippen molar-refractivity contribution in [1.29, 1.82) is 0 Å². The fourth-order valence-electron chi connectivity index (χ4n) is 4.27. The molecular formula is C20H20BrFN2O3. The van der Waals surface area contributed by atoms with Crippen LogP contribution in [0, 0.1) is 11.7 Å². The third kappa shape index (κ3) is 3.40. The number of benzene rings is 1. The topological polar surface area (TPSA) is 51.7 Å². The summed E-state index contributed by atoms with van der Waals surface area (Å²) in [5.41, 5.74) is 0.283. The van der Waals surface area contributed by atoms with Gasteiger partial charge >= 0.3 is 0 Å². The molecule has 0 radical (unpaired) electrons. The van der Waals surface area contributed by atoms with Gasteiger partial charge in [-0.2, -0.15) is 0 Å². The van der Waals surface area contributed by atoms with Crippen LogP contribution in [0.5, 0.6) is 11.6 Å². The van der Waals surface area contributed by atoms with Gasteiger partial charge in [-0.15, -0.1) is 0 Å². The Hall–Kier alpha value is -2.15. The van der Waals surface area contributed by atoms with E-state index in [1.807, 2.05) is 17.0 Å². The maximum absolute atomic E-state index is 14.0. The van der Waals surface area contributed by atoms with Gasteiger partial charge in [-0.25, -0.2) is 9.37 Å². The van der Waals surface area contributed by atoms with Gasteiger partial charge in [0.1, 0.15) is 0 Å². The number of carbonyl (C=O) groups excluding carboxylic acids is 1. The van der Waals surface area contributed by atoms with Crippen LogP contribution in [0.1, 0.15) is 29.6 Å². The molecule has 1 aromatic carbocycles. The van der Waals surface area contributed by atoms with Gasteiger partial charge in [0.2, 0.25) is 5.88 Å². The van der Waals surface area contributed by atoms with Gasteiger partial charge in [0, 0.05) is 34.7 Å². The molecule has 1 amide bonds. The van der Waals surface area contributed by atoms with Gasteiger partial charge in [-0.05, 0) is 53.4 Å². The predicted molar refractivity (Wildman–Crippen MR) is 101 cm³/mol. The van der Waals surface area contributed by atoms with Crippen LogP contribution in [0.3, 0.4) is 0 Å². The maximum Gasteiger partial charge on any atom is 0.258 e. The van der Waals surface area contributed by atoms with Crippen molar-refractivity contribution in [2.75, 3.05) is 13.7 Å². The second-order valence-corrected chi connectivity index (χ2v) is 7.87. The van der Waals surface area contributed by atoms with E-state index in [-0.39, 0.29) is 35.2 Å². The van der Waals surface area contributed by atoms with Gasteiger partial charge in [0.05, 0.1) is 19.3 Å². The van der Waals surface area contributed by atoms with Crippen molar-refractivity contribution in [3.05, 3.63) is 52.4 Å². The van der Waals surface area contributed by atoms with E-state index in [0.717, 1.165) is 23.7 Å². The minimum atomic E-state index is -0.518. The highest BCUT2D eigenvalue weighted by molar-refractivity contribution is 9.10. The number of hydrogen-bond donors (Lipinski definition) is 0. The van der Waals surface area contributed by atoms with Crippen LogP contribution in [0.2, 0.25) is 0 Å². The Morgan fingerprint density at radius 3 is 2.93 bits per heavy atom.